The maximum atomic E-state index is 13.1. The second kappa shape index (κ2) is 7.57. The third kappa shape index (κ3) is 5.42. The van der Waals surface area contributed by atoms with Gasteiger partial charge in [0.15, 0.2) is 0 Å². The summed E-state index contributed by atoms with van der Waals surface area (Å²) in [5, 5.41) is 2.63. The Labute approximate surface area is 136 Å². The average Bonchev–Trinajstić information content (AvgIpc) is 2.45. The van der Waals surface area contributed by atoms with E-state index in [1.54, 1.807) is 13.8 Å². The molecular formula is C16H24F2N2O2S. The van der Waals surface area contributed by atoms with Crippen LogP contribution in [0, 0.1) is 17.6 Å². The quantitative estimate of drug-likeness (QED) is 0.831. The van der Waals surface area contributed by atoms with Gasteiger partial charge in [-0.25, -0.2) is 21.9 Å². The summed E-state index contributed by atoms with van der Waals surface area (Å²) >= 11 is 0. The molecule has 0 heterocycles. The van der Waals surface area contributed by atoms with E-state index < -0.39 is 26.9 Å². The lowest BCUT2D eigenvalue weighted by atomic mass is 9.86. The highest BCUT2D eigenvalue weighted by molar-refractivity contribution is 7.90. The van der Waals surface area contributed by atoms with Crippen LogP contribution in [0.5, 0.6) is 0 Å². The van der Waals surface area contributed by atoms with E-state index in [-0.39, 0.29) is 6.04 Å². The van der Waals surface area contributed by atoms with Crippen molar-refractivity contribution in [1.29, 1.82) is 0 Å². The van der Waals surface area contributed by atoms with Gasteiger partial charge in [0.1, 0.15) is 11.6 Å². The van der Waals surface area contributed by atoms with Gasteiger partial charge in [-0.2, -0.15) is 0 Å². The number of anilines is 1. The average molecular weight is 346 g/mol. The Balaban J connectivity index is 1.79. The third-order valence-corrected chi connectivity index (χ3v) is 6.16. The van der Waals surface area contributed by atoms with Gasteiger partial charge >= 0.3 is 0 Å². The first-order valence-corrected chi connectivity index (χ1v) is 9.52. The van der Waals surface area contributed by atoms with Crippen molar-refractivity contribution in [2.24, 2.45) is 5.92 Å². The molecule has 0 unspecified atom stereocenters. The number of halogens is 2. The van der Waals surface area contributed by atoms with E-state index in [4.69, 9.17) is 0 Å². The van der Waals surface area contributed by atoms with Crippen LogP contribution in [0.2, 0.25) is 0 Å². The van der Waals surface area contributed by atoms with Crippen molar-refractivity contribution in [3.05, 3.63) is 29.8 Å². The smallest absolute Gasteiger partial charge is 0.214 e. The Morgan fingerprint density at radius 3 is 2.17 bits per heavy atom. The van der Waals surface area contributed by atoms with Crippen LogP contribution in [0.25, 0.3) is 0 Å². The van der Waals surface area contributed by atoms with Crippen LogP contribution in [-0.4, -0.2) is 26.3 Å². The predicted octanol–water partition coefficient (Wildman–Crippen LogP) is 3.26. The number of benzene rings is 1. The summed E-state index contributed by atoms with van der Waals surface area (Å²) in [6.45, 7) is 3.96. The minimum atomic E-state index is -3.23. The normalized spacial score (nSPS) is 22.3. The molecule has 130 valence electrons. The van der Waals surface area contributed by atoms with Crippen LogP contribution in [-0.2, 0) is 10.0 Å². The first kappa shape index (κ1) is 18.1. The van der Waals surface area contributed by atoms with Crippen LogP contribution >= 0.6 is 0 Å². The highest BCUT2D eigenvalue weighted by atomic mass is 32.2. The van der Waals surface area contributed by atoms with Crippen LogP contribution < -0.4 is 10.0 Å². The van der Waals surface area contributed by atoms with Crippen LogP contribution in [0.4, 0.5) is 14.5 Å². The molecule has 2 rings (SSSR count). The highest BCUT2D eigenvalue weighted by Crippen LogP contribution is 2.25. The molecule has 1 aliphatic rings. The fourth-order valence-electron chi connectivity index (χ4n) is 2.77. The summed E-state index contributed by atoms with van der Waals surface area (Å²) in [6, 6.07) is 3.37. The third-order valence-electron chi connectivity index (χ3n) is 4.26. The summed E-state index contributed by atoms with van der Waals surface area (Å²) < 4.78 is 52.7. The molecule has 0 aromatic heterocycles. The molecule has 0 aliphatic heterocycles. The Hall–Kier alpha value is -1.21. The summed E-state index contributed by atoms with van der Waals surface area (Å²) in [5.41, 5.74) is 0.435. The van der Waals surface area contributed by atoms with Crippen LogP contribution in [0.3, 0.4) is 0 Å². The molecule has 0 amide bonds. The van der Waals surface area contributed by atoms with E-state index in [0.717, 1.165) is 31.7 Å². The lowest BCUT2D eigenvalue weighted by Gasteiger charge is -2.29. The molecular weight excluding hydrogens is 322 g/mol. The number of hydrogen-bond donors (Lipinski definition) is 2. The minimum absolute atomic E-state index is 0.00901. The van der Waals surface area contributed by atoms with Gasteiger partial charge in [0.25, 0.3) is 0 Å². The highest BCUT2D eigenvalue weighted by Gasteiger charge is 2.26. The van der Waals surface area contributed by atoms with E-state index in [1.165, 1.54) is 12.1 Å². The first-order valence-electron chi connectivity index (χ1n) is 7.97. The van der Waals surface area contributed by atoms with Gasteiger partial charge in [0.2, 0.25) is 10.0 Å². The van der Waals surface area contributed by atoms with Crippen molar-refractivity contribution in [1.82, 2.24) is 4.72 Å². The van der Waals surface area contributed by atoms with E-state index in [0.29, 0.717) is 18.2 Å². The largest absolute Gasteiger partial charge is 0.385 e. The van der Waals surface area contributed by atoms with E-state index in [9.17, 15) is 17.2 Å². The fraction of sp³-hybridized carbons (Fsp3) is 0.625. The molecule has 0 radical (unpaired) electrons. The zero-order valence-corrected chi connectivity index (χ0v) is 14.3. The second-order valence-corrected chi connectivity index (χ2v) is 8.74. The van der Waals surface area contributed by atoms with Crippen LogP contribution in [0.15, 0.2) is 18.2 Å². The molecule has 1 fully saturated rings. The molecule has 1 aromatic rings. The molecule has 1 aliphatic carbocycles. The number of nitrogens with one attached hydrogen (secondary N) is 2. The summed E-state index contributed by atoms with van der Waals surface area (Å²) in [7, 11) is -3.23. The molecule has 0 bridgehead atoms. The Morgan fingerprint density at radius 2 is 1.65 bits per heavy atom. The van der Waals surface area contributed by atoms with Crippen molar-refractivity contribution in [2.75, 3.05) is 11.9 Å². The Bertz CT molecular complexity index is 607. The topological polar surface area (TPSA) is 58.2 Å². The SMILES string of the molecule is CC(C)S(=O)(=O)NC1CCC(CNc2cc(F)cc(F)c2)CC1. The molecule has 0 spiro atoms. The lowest BCUT2D eigenvalue weighted by molar-refractivity contribution is 0.323. The van der Waals surface area contributed by atoms with Crippen molar-refractivity contribution in [2.45, 2.75) is 50.8 Å². The molecule has 23 heavy (non-hydrogen) atoms. The van der Waals surface area contributed by atoms with E-state index >= 15 is 0 Å². The lowest BCUT2D eigenvalue weighted by Crippen LogP contribution is -2.41. The zero-order valence-electron chi connectivity index (χ0n) is 13.5. The van der Waals surface area contributed by atoms with E-state index in [2.05, 4.69) is 10.0 Å². The maximum absolute atomic E-state index is 13.1. The molecule has 0 saturated heterocycles. The van der Waals surface area contributed by atoms with E-state index in [1.807, 2.05) is 0 Å². The Morgan fingerprint density at radius 1 is 1.09 bits per heavy atom. The molecule has 0 atom stereocenters. The molecule has 2 N–H and O–H groups in total. The molecule has 4 nitrogen and oxygen atoms in total. The standard InChI is InChI=1S/C16H24F2N2O2S/c1-11(2)23(21,22)20-15-5-3-12(4-6-15)10-19-16-8-13(17)7-14(18)9-16/h7-9,11-12,15,19-20H,3-6,10H2,1-2H3. The van der Waals surface area contributed by atoms with Crippen molar-refractivity contribution >= 4 is 15.7 Å². The van der Waals surface area contributed by atoms with Crippen LogP contribution in [0.1, 0.15) is 39.5 Å². The fourth-order valence-corrected chi connectivity index (χ4v) is 3.74. The maximum Gasteiger partial charge on any atom is 0.214 e. The van der Waals surface area contributed by atoms with Gasteiger partial charge in [-0.3, -0.25) is 0 Å². The zero-order chi connectivity index (χ0) is 17.0. The van der Waals surface area contributed by atoms with Crippen molar-refractivity contribution in [3.8, 4) is 0 Å². The monoisotopic (exact) mass is 346 g/mol. The van der Waals surface area contributed by atoms with Gasteiger partial charge in [0.05, 0.1) is 5.25 Å². The van der Waals surface area contributed by atoms with Gasteiger partial charge in [-0.1, -0.05) is 0 Å². The molecule has 1 saturated carbocycles. The summed E-state index contributed by atoms with van der Waals surface area (Å²) in [5.74, 6) is -0.820. The van der Waals surface area contributed by atoms with Gasteiger partial charge in [0, 0.05) is 24.3 Å². The molecule has 1 aromatic carbocycles. The van der Waals surface area contributed by atoms with Crippen molar-refractivity contribution in [3.63, 3.8) is 0 Å². The minimum Gasteiger partial charge on any atom is -0.385 e. The second-order valence-electron chi connectivity index (χ2n) is 6.47. The van der Waals surface area contributed by atoms with Crippen molar-refractivity contribution < 1.29 is 17.2 Å². The van der Waals surface area contributed by atoms with Gasteiger partial charge in [-0.15, -0.1) is 0 Å². The van der Waals surface area contributed by atoms with Gasteiger partial charge < -0.3 is 5.32 Å². The number of sulfonamides is 1. The number of rotatable bonds is 6. The number of hydrogen-bond acceptors (Lipinski definition) is 3. The summed E-state index contributed by atoms with van der Waals surface area (Å²) in [6.07, 6.45) is 3.35. The summed E-state index contributed by atoms with van der Waals surface area (Å²) in [4.78, 5) is 0. The first-order chi connectivity index (χ1) is 10.8. The predicted molar refractivity (Wildman–Crippen MR) is 87.8 cm³/mol. The molecule has 7 heteroatoms. The Kier molecular flexibility index (Phi) is 5.97. The van der Waals surface area contributed by atoms with Gasteiger partial charge in [-0.05, 0) is 57.6 Å².